The summed E-state index contributed by atoms with van der Waals surface area (Å²) in [7, 11) is 0. The fraction of sp³-hybridized carbons (Fsp3) is 0. The highest BCUT2D eigenvalue weighted by atomic mass is 127. The van der Waals surface area contributed by atoms with E-state index < -0.39 is 11.6 Å². The molecule has 0 spiro atoms. The Balaban J connectivity index is 3.46. The first kappa shape index (κ1) is 9.85. The SMILES string of the molecule is Fc1cc(Br)c(I)c(Br)c1F. The van der Waals surface area contributed by atoms with Crippen molar-refractivity contribution in [2.24, 2.45) is 0 Å². The van der Waals surface area contributed by atoms with E-state index in [4.69, 9.17) is 0 Å². The van der Waals surface area contributed by atoms with Crippen LogP contribution in [0.25, 0.3) is 0 Å². The molecule has 0 saturated heterocycles. The highest BCUT2D eigenvalue weighted by molar-refractivity contribution is 14.1. The van der Waals surface area contributed by atoms with E-state index in [0.717, 1.165) is 6.07 Å². The van der Waals surface area contributed by atoms with Gasteiger partial charge >= 0.3 is 0 Å². The fourth-order valence-corrected chi connectivity index (χ4v) is 2.00. The summed E-state index contributed by atoms with van der Waals surface area (Å²) in [6.45, 7) is 0. The largest absolute Gasteiger partial charge is 0.204 e. The molecule has 0 bridgehead atoms. The van der Waals surface area contributed by atoms with Crippen LogP contribution in [-0.2, 0) is 0 Å². The summed E-state index contributed by atoms with van der Waals surface area (Å²) in [4.78, 5) is 0. The summed E-state index contributed by atoms with van der Waals surface area (Å²) in [5.41, 5.74) is 0. The molecule has 0 aliphatic rings. The zero-order valence-corrected chi connectivity index (χ0v) is 10.3. The highest BCUT2D eigenvalue weighted by Gasteiger charge is 2.12. The molecular weight excluding hydrogens is 397 g/mol. The quantitative estimate of drug-likeness (QED) is 0.351. The maximum absolute atomic E-state index is 12.7. The summed E-state index contributed by atoms with van der Waals surface area (Å²) >= 11 is 7.93. The Labute approximate surface area is 92.8 Å². The summed E-state index contributed by atoms with van der Waals surface area (Å²) in [6.07, 6.45) is 0. The monoisotopic (exact) mass is 396 g/mol. The van der Waals surface area contributed by atoms with E-state index >= 15 is 0 Å². The van der Waals surface area contributed by atoms with Crippen LogP contribution in [0, 0.1) is 15.2 Å². The number of halogens is 5. The number of benzene rings is 1. The lowest BCUT2D eigenvalue weighted by molar-refractivity contribution is 0.502. The summed E-state index contributed by atoms with van der Waals surface area (Å²) in [5, 5.41) is 0. The van der Waals surface area contributed by atoms with Crippen molar-refractivity contribution in [3.05, 3.63) is 30.2 Å². The molecule has 5 heteroatoms. The number of hydrogen-bond acceptors (Lipinski definition) is 0. The predicted molar refractivity (Wildman–Crippen MR) is 54.5 cm³/mol. The molecule has 0 aliphatic heterocycles. The molecule has 0 N–H and O–H groups in total. The van der Waals surface area contributed by atoms with Gasteiger partial charge in [0.05, 0.1) is 4.47 Å². The van der Waals surface area contributed by atoms with Crippen LogP contribution in [0.3, 0.4) is 0 Å². The van der Waals surface area contributed by atoms with Gasteiger partial charge in [-0.25, -0.2) is 8.78 Å². The first-order valence-electron chi connectivity index (χ1n) is 2.52. The second-order valence-corrected chi connectivity index (χ2v) is 4.51. The molecule has 1 aromatic rings. The van der Waals surface area contributed by atoms with Gasteiger partial charge in [0.2, 0.25) is 0 Å². The Hall–Kier alpha value is 0.770. The fourth-order valence-electron chi connectivity index (χ4n) is 0.544. The van der Waals surface area contributed by atoms with Gasteiger partial charge in [0.25, 0.3) is 0 Å². The topological polar surface area (TPSA) is 0 Å². The highest BCUT2D eigenvalue weighted by Crippen LogP contribution is 2.30. The van der Waals surface area contributed by atoms with Gasteiger partial charge in [0.1, 0.15) is 0 Å². The van der Waals surface area contributed by atoms with Crippen LogP contribution in [0.5, 0.6) is 0 Å². The van der Waals surface area contributed by atoms with Crippen LogP contribution < -0.4 is 0 Å². The number of hydrogen-bond donors (Lipinski definition) is 0. The summed E-state index contributed by atoms with van der Waals surface area (Å²) in [6, 6.07) is 1.10. The Morgan fingerprint density at radius 1 is 1.27 bits per heavy atom. The average molecular weight is 398 g/mol. The van der Waals surface area contributed by atoms with Gasteiger partial charge in [-0.1, -0.05) is 0 Å². The van der Waals surface area contributed by atoms with Gasteiger partial charge < -0.3 is 0 Å². The van der Waals surface area contributed by atoms with E-state index in [2.05, 4.69) is 31.9 Å². The third kappa shape index (κ3) is 1.92. The molecule has 1 rings (SSSR count). The third-order valence-electron chi connectivity index (χ3n) is 1.06. The maximum Gasteiger partial charge on any atom is 0.174 e. The lowest BCUT2D eigenvalue weighted by Gasteiger charge is -2.01. The predicted octanol–water partition coefficient (Wildman–Crippen LogP) is 4.09. The molecule has 0 atom stereocenters. The van der Waals surface area contributed by atoms with Crippen LogP contribution in [0.15, 0.2) is 15.0 Å². The van der Waals surface area contributed by atoms with Crippen molar-refractivity contribution in [3.8, 4) is 0 Å². The van der Waals surface area contributed by atoms with Gasteiger partial charge in [-0.3, -0.25) is 0 Å². The van der Waals surface area contributed by atoms with Crippen molar-refractivity contribution < 1.29 is 8.78 Å². The minimum absolute atomic E-state index is 0.157. The molecule has 1 aromatic carbocycles. The molecule has 0 radical (unpaired) electrons. The zero-order chi connectivity index (χ0) is 8.59. The molecule has 60 valence electrons. The van der Waals surface area contributed by atoms with Crippen LogP contribution in [0.4, 0.5) is 8.78 Å². The normalized spacial score (nSPS) is 10.3. The average Bonchev–Trinajstić information content (AvgIpc) is 1.97. The van der Waals surface area contributed by atoms with Crippen molar-refractivity contribution in [1.82, 2.24) is 0 Å². The number of rotatable bonds is 0. The van der Waals surface area contributed by atoms with Crippen LogP contribution in [0.2, 0.25) is 0 Å². The first-order chi connectivity index (χ1) is 5.04. The lowest BCUT2D eigenvalue weighted by atomic mass is 10.3. The van der Waals surface area contributed by atoms with Gasteiger partial charge in [-0.2, -0.15) is 0 Å². The van der Waals surface area contributed by atoms with Crippen molar-refractivity contribution in [3.63, 3.8) is 0 Å². The Morgan fingerprint density at radius 2 is 1.82 bits per heavy atom. The van der Waals surface area contributed by atoms with Gasteiger partial charge in [-0.15, -0.1) is 0 Å². The van der Waals surface area contributed by atoms with E-state index in [1.807, 2.05) is 22.6 Å². The second kappa shape index (κ2) is 3.66. The van der Waals surface area contributed by atoms with Gasteiger partial charge in [-0.05, 0) is 60.5 Å². The van der Waals surface area contributed by atoms with E-state index in [0.29, 0.717) is 8.04 Å². The molecule has 0 fully saturated rings. The molecule has 0 aliphatic carbocycles. The van der Waals surface area contributed by atoms with E-state index in [9.17, 15) is 8.78 Å². The molecule has 0 heterocycles. The Bertz CT molecular complexity index is 275. The van der Waals surface area contributed by atoms with Crippen molar-refractivity contribution >= 4 is 54.5 Å². The maximum atomic E-state index is 12.7. The van der Waals surface area contributed by atoms with Crippen molar-refractivity contribution in [2.75, 3.05) is 0 Å². The van der Waals surface area contributed by atoms with Crippen LogP contribution in [0.1, 0.15) is 0 Å². The van der Waals surface area contributed by atoms with Crippen molar-refractivity contribution in [2.45, 2.75) is 0 Å². The summed E-state index contributed by atoms with van der Waals surface area (Å²) < 4.78 is 26.6. The van der Waals surface area contributed by atoms with E-state index in [1.54, 1.807) is 0 Å². The Kier molecular flexibility index (Phi) is 3.27. The smallest absolute Gasteiger partial charge is 0.174 e. The molecule has 0 aromatic heterocycles. The summed E-state index contributed by atoms with van der Waals surface area (Å²) in [5.74, 6) is -1.71. The molecular formula is C6HBr2F2I. The van der Waals surface area contributed by atoms with E-state index in [-0.39, 0.29) is 4.47 Å². The van der Waals surface area contributed by atoms with Gasteiger partial charge in [0.15, 0.2) is 11.6 Å². The standard InChI is InChI=1S/C6HBr2F2I/c7-2-1-3(9)5(10)4(8)6(2)11/h1H. The lowest BCUT2D eigenvalue weighted by Crippen LogP contribution is -1.89. The third-order valence-corrected chi connectivity index (χ3v) is 5.03. The zero-order valence-electron chi connectivity index (χ0n) is 4.97. The Morgan fingerprint density at radius 3 is 2.36 bits per heavy atom. The minimum Gasteiger partial charge on any atom is -0.204 e. The first-order valence-corrected chi connectivity index (χ1v) is 5.19. The minimum atomic E-state index is -0.857. The second-order valence-electron chi connectivity index (χ2n) is 1.78. The molecule has 0 unspecified atom stereocenters. The molecule has 0 amide bonds. The van der Waals surface area contributed by atoms with Crippen molar-refractivity contribution in [1.29, 1.82) is 0 Å². The molecule has 11 heavy (non-hydrogen) atoms. The van der Waals surface area contributed by atoms with Crippen LogP contribution >= 0.6 is 54.5 Å². The molecule has 0 nitrogen and oxygen atoms in total. The molecule has 0 saturated carbocycles. The van der Waals surface area contributed by atoms with Crippen LogP contribution in [-0.4, -0.2) is 0 Å². The van der Waals surface area contributed by atoms with Gasteiger partial charge in [0, 0.05) is 8.04 Å². The van der Waals surface area contributed by atoms with E-state index in [1.165, 1.54) is 0 Å².